The van der Waals surface area contributed by atoms with Crippen LogP contribution in [0.5, 0.6) is 0 Å². The smallest absolute Gasteiger partial charge is 0.408 e. The molecule has 1 aromatic carbocycles. The van der Waals surface area contributed by atoms with Crippen LogP contribution in [0.15, 0.2) is 48.8 Å². The van der Waals surface area contributed by atoms with Crippen LogP contribution in [0.2, 0.25) is 0 Å². The second-order valence-corrected chi connectivity index (χ2v) is 6.67. The molecule has 2 aromatic rings. The van der Waals surface area contributed by atoms with Crippen LogP contribution in [-0.4, -0.2) is 27.8 Å². The summed E-state index contributed by atoms with van der Waals surface area (Å²) in [5.74, 6) is -1.02. The number of alkyl carbamates (subject to hydrolysis) is 1. The maximum absolute atomic E-state index is 12.0. The van der Waals surface area contributed by atoms with Crippen molar-refractivity contribution in [1.82, 2.24) is 10.3 Å². The number of aromatic nitrogens is 1. The Hall–Kier alpha value is -2.89. The first-order valence-electron chi connectivity index (χ1n) is 7.96. The minimum absolute atomic E-state index is 0.265. The largest absolute Gasteiger partial charge is 0.481 e. The molecule has 25 heavy (non-hydrogen) atoms. The van der Waals surface area contributed by atoms with Crippen LogP contribution in [0.1, 0.15) is 38.8 Å². The number of rotatable bonds is 5. The molecule has 0 radical (unpaired) electrons. The summed E-state index contributed by atoms with van der Waals surface area (Å²) in [4.78, 5) is 27.4. The van der Waals surface area contributed by atoms with E-state index in [1.165, 1.54) is 0 Å². The number of nitrogens with zero attached hydrogens (tertiary/aromatic N) is 1. The lowest BCUT2D eigenvalue weighted by Gasteiger charge is -2.23. The maximum Gasteiger partial charge on any atom is 0.408 e. The number of nitrogens with one attached hydrogen (secondary N) is 1. The molecule has 6 nitrogen and oxygen atoms in total. The molecule has 0 spiro atoms. The Labute approximate surface area is 146 Å². The van der Waals surface area contributed by atoms with Gasteiger partial charge in [-0.15, -0.1) is 0 Å². The molecule has 1 atom stereocenters. The highest BCUT2D eigenvalue weighted by atomic mass is 16.6. The van der Waals surface area contributed by atoms with E-state index in [2.05, 4.69) is 10.3 Å². The van der Waals surface area contributed by atoms with Crippen molar-refractivity contribution in [2.45, 2.75) is 38.8 Å². The molecule has 0 fully saturated rings. The van der Waals surface area contributed by atoms with Gasteiger partial charge in [0.1, 0.15) is 5.60 Å². The summed E-state index contributed by atoms with van der Waals surface area (Å²) in [5.41, 5.74) is 1.75. The predicted octanol–water partition coefficient (Wildman–Crippen LogP) is 3.79. The first-order valence-corrected chi connectivity index (χ1v) is 7.96. The molecule has 2 rings (SSSR count). The summed E-state index contributed by atoms with van der Waals surface area (Å²) >= 11 is 0. The van der Waals surface area contributed by atoms with Crippen molar-refractivity contribution in [3.8, 4) is 11.1 Å². The van der Waals surface area contributed by atoms with Gasteiger partial charge in [-0.2, -0.15) is 0 Å². The Balaban J connectivity index is 2.26. The van der Waals surface area contributed by atoms with E-state index in [1.807, 2.05) is 36.4 Å². The van der Waals surface area contributed by atoms with E-state index in [4.69, 9.17) is 9.84 Å². The summed E-state index contributed by atoms with van der Waals surface area (Å²) in [6.07, 6.45) is 2.32. The number of carboxylic acid groups (broad SMARTS) is 1. The number of hydrogen-bond acceptors (Lipinski definition) is 4. The normalized spacial score (nSPS) is 12.3. The quantitative estimate of drug-likeness (QED) is 0.863. The van der Waals surface area contributed by atoms with Crippen LogP contribution in [0, 0.1) is 0 Å². The van der Waals surface area contributed by atoms with E-state index in [9.17, 15) is 9.59 Å². The highest BCUT2D eigenvalue weighted by Crippen LogP contribution is 2.24. The SMILES string of the molecule is CC(C)(C)OC(=O)NC(CC(=O)O)c1cncc(-c2ccccc2)c1. The monoisotopic (exact) mass is 342 g/mol. The fourth-order valence-corrected chi connectivity index (χ4v) is 2.31. The van der Waals surface area contributed by atoms with E-state index in [1.54, 1.807) is 33.2 Å². The summed E-state index contributed by atoms with van der Waals surface area (Å²) in [6.45, 7) is 5.24. The van der Waals surface area contributed by atoms with Gasteiger partial charge in [-0.1, -0.05) is 30.3 Å². The summed E-state index contributed by atoms with van der Waals surface area (Å²) < 4.78 is 5.22. The standard InChI is InChI=1S/C19H22N2O4/c1-19(2,3)25-18(24)21-16(10-17(22)23)15-9-14(11-20-12-15)13-7-5-4-6-8-13/h4-9,11-12,16H,10H2,1-3H3,(H,21,24)(H,22,23). The molecule has 1 amide bonds. The Morgan fingerprint density at radius 1 is 1.16 bits per heavy atom. The van der Waals surface area contributed by atoms with Crippen LogP contribution in [-0.2, 0) is 9.53 Å². The number of ether oxygens (including phenoxy) is 1. The Bertz CT molecular complexity index is 739. The molecule has 132 valence electrons. The van der Waals surface area contributed by atoms with E-state index in [0.717, 1.165) is 11.1 Å². The second-order valence-electron chi connectivity index (χ2n) is 6.67. The molecule has 2 N–H and O–H groups in total. The number of carboxylic acids is 1. The number of hydrogen-bond donors (Lipinski definition) is 2. The van der Waals surface area contributed by atoms with Crippen molar-refractivity contribution < 1.29 is 19.4 Å². The van der Waals surface area contributed by atoms with Crippen LogP contribution in [0.4, 0.5) is 4.79 Å². The Morgan fingerprint density at radius 2 is 1.84 bits per heavy atom. The number of carbonyl (C=O) groups excluding carboxylic acids is 1. The van der Waals surface area contributed by atoms with Crippen molar-refractivity contribution in [1.29, 1.82) is 0 Å². The van der Waals surface area contributed by atoms with Crippen LogP contribution in [0.25, 0.3) is 11.1 Å². The molecule has 1 aromatic heterocycles. The third-order valence-corrected chi connectivity index (χ3v) is 3.34. The molecule has 0 saturated heterocycles. The lowest BCUT2D eigenvalue weighted by atomic mass is 10.0. The maximum atomic E-state index is 12.0. The molecule has 0 aliphatic carbocycles. The van der Waals surface area contributed by atoms with Crippen LogP contribution in [0.3, 0.4) is 0 Å². The van der Waals surface area contributed by atoms with Gasteiger partial charge >= 0.3 is 12.1 Å². The summed E-state index contributed by atoms with van der Waals surface area (Å²) in [5, 5.41) is 11.8. The van der Waals surface area contributed by atoms with Gasteiger partial charge < -0.3 is 15.2 Å². The second kappa shape index (κ2) is 7.79. The first kappa shape index (κ1) is 18.4. The minimum atomic E-state index is -1.02. The molecule has 0 aliphatic heterocycles. The number of aliphatic carboxylic acids is 1. The fraction of sp³-hybridized carbons (Fsp3) is 0.316. The summed E-state index contributed by atoms with van der Waals surface area (Å²) in [6, 6.07) is 10.7. The molecule has 0 bridgehead atoms. The van der Waals surface area contributed by atoms with Crippen molar-refractivity contribution in [2.75, 3.05) is 0 Å². The number of amides is 1. The van der Waals surface area contributed by atoms with E-state index < -0.39 is 23.7 Å². The average molecular weight is 342 g/mol. The van der Waals surface area contributed by atoms with Gasteiger partial charge in [0, 0.05) is 18.0 Å². The Kier molecular flexibility index (Phi) is 5.75. The molecule has 0 aliphatic rings. The van der Waals surface area contributed by atoms with Crippen molar-refractivity contribution in [3.05, 3.63) is 54.4 Å². The first-order chi connectivity index (χ1) is 11.7. The van der Waals surface area contributed by atoms with Crippen LogP contribution < -0.4 is 5.32 Å². The van der Waals surface area contributed by atoms with E-state index >= 15 is 0 Å². The number of benzene rings is 1. The molecule has 1 unspecified atom stereocenters. The molecular weight excluding hydrogens is 320 g/mol. The minimum Gasteiger partial charge on any atom is -0.481 e. The molecule has 0 saturated carbocycles. The predicted molar refractivity (Wildman–Crippen MR) is 94.0 cm³/mol. The zero-order chi connectivity index (χ0) is 18.4. The summed E-state index contributed by atoms with van der Waals surface area (Å²) in [7, 11) is 0. The van der Waals surface area contributed by atoms with Gasteiger partial charge in [0.2, 0.25) is 0 Å². The lowest BCUT2D eigenvalue weighted by molar-refractivity contribution is -0.137. The van der Waals surface area contributed by atoms with Gasteiger partial charge in [-0.05, 0) is 38.0 Å². The zero-order valence-corrected chi connectivity index (χ0v) is 14.5. The fourth-order valence-electron chi connectivity index (χ4n) is 2.31. The van der Waals surface area contributed by atoms with Gasteiger partial charge in [0.25, 0.3) is 0 Å². The van der Waals surface area contributed by atoms with Gasteiger partial charge in [-0.25, -0.2) is 4.79 Å². The van der Waals surface area contributed by atoms with Gasteiger partial charge in [0.15, 0.2) is 0 Å². The topological polar surface area (TPSA) is 88.5 Å². The number of carbonyl (C=O) groups is 2. The molecule has 6 heteroatoms. The van der Waals surface area contributed by atoms with E-state index in [0.29, 0.717) is 5.56 Å². The molecule has 1 heterocycles. The molecular formula is C19H22N2O4. The Morgan fingerprint density at radius 3 is 2.44 bits per heavy atom. The number of pyridine rings is 1. The van der Waals surface area contributed by atoms with Crippen molar-refractivity contribution in [2.24, 2.45) is 0 Å². The zero-order valence-electron chi connectivity index (χ0n) is 14.5. The van der Waals surface area contributed by atoms with Gasteiger partial charge in [0.05, 0.1) is 12.5 Å². The lowest BCUT2D eigenvalue weighted by Crippen LogP contribution is -2.35. The highest BCUT2D eigenvalue weighted by Gasteiger charge is 2.23. The van der Waals surface area contributed by atoms with E-state index in [-0.39, 0.29) is 6.42 Å². The third kappa shape index (κ3) is 5.91. The van der Waals surface area contributed by atoms with Crippen LogP contribution >= 0.6 is 0 Å². The third-order valence-electron chi connectivity index (χ3n) is 3.34. The highest BCUT2D eigenvalue weighted by molar-refractivity contribution is 5.72. The van der Waals surface area contributed by atoms with Crippen molar-refractivity contribution >= 4 is 12.1 Å². The van der Waals surface area contributed by atoms with Gasteiger partial charge in [-0.3, -0.25) is 9.78 Å². The van der Waals surface area contributed by atoms with Crippen molar-refractivity contribution in [3.63, 3.8) is 0 Å². The average Bonchev–Trinajstić information content (AvgIpc) is 2.53.